The summed E-state index contributed by atoms with van der Waals surface area (Å²) in [6.07, 6.45) is 0. The van der Waals surface area contributed by atoms with Gasteiger partial charge in [0.05, 0.1) is 5.75 Å². The molecule has 0 N–H and O–H groups in total. The van der Waals surface area contributed by atoms with Crippen LogP contribution in [0.1, 0.15) is 32.9 Å². The van der Waals surface area contributed by atoms with Crippen molar-refractivity contribution in [2.75, 3.05) is 12.5 Å². The molecule has 0 bridgehead atoms. The van der Waals surface area contributed by atoms with Crippen LogP contribution in [0, 0.1) is 20.8 Å². The number of ketones is 1. The third-order valence-corrected chi connectivity index (χ3v) is 6.47. The number of Topliss-reactive ketones (excluding diaryl/α,β-unsaturated/α-hetero) is 1. The van der Waals surface area contributed by atoms with Crippen molar-refractivity contribution >= 4 is 17.5 Å². The van der Waals surface area contributed by atoms with Crippen molar-refractivity contribution in [2.24, 2.45) is 0 Å². The lowest BCUT2D eigenvalue weighted by atomic mass is 10.1. The van der Waals surface area contributed by atoms with Gasteiger partial charge in [-0.25, -0.2) is 0 Å². The van der Waals surface area contributed by atoms with Gasteiger partial charge in [0.15, 0.2) is 17.3 Å². The molecule has 2 aromatic carbocycles. The maximum atomic E-state index is 13.0. The smallest absolute Gasteiger partial charge is 0.277 e. The van der Waals surface area contributed by atoms with E-state index in [9.17, 15) is 4.79 Å². The maximum absolute atomic E-state index is 13.0. The van der Waals surface area contributed by atoms with Gasteiger partial charge >= 0.3 is 0 Å². The highest BCUT2D eigenvalue weighted by atomic mass is 32.2. The molecule has 4 aromatic rings. The van der Waals surface area contributed by atoms with Crippen molar-refractivity contribution in [3.63, 3.8) is 0 Å². The molecule has 0 saturated heterocycles. The molecule has 168 valence electrons. The molecule has 3 heterocycles. The summed E-state index contributed by atoms with van der Waals surface area (Å²) in [5.74, 6) is 2.23. The van der Waals surface area contributed by atoms with E-state index in [1.54, 1.807) is 0 Å². The lowest BCUT2D eigenvalue weighted by molar-refractivity contribution is 0.102. The summed E-state index contributed by atoms with van der Waals surface area (Å²) >= 11 is 1.25. The average Bonchev–Trinajstić information content (AvgIpc) is 3.53. The number of ether oxygens (including phenoxy) is 2. The Bertz CT molecular complexity index is 1340. The van der Waals surface area contributed by atoms with E-state index in [1.807, 2.05) is 69.3 Å². The van der Waals surface area contributed by atoms with Gasteiger partial charge in [-0.2, -0.15) is 0 Å². The fraction of sp³-hybridized carbons (Fsp3) is 0.240. The third-order valence-electron chi connectivity index (χ3n) is 5.65. The number of rotatable bonds is 7. The van der Waals surface area contributed by atoms with E-state index in [-0.39, 0.29) is 18.3 Å². The zero-order chi connectivity index (χ0) is 22.9. The molecule has 0 spiro atoms. The highest BCUT2D eigenvalue weighted by Crippen LogP contribution is 2.33. The van der Waals surface area contributed by atoms with E-state index in [0.29, 0.717) is 23.2 Å². The highest BCUT2D eigenvalue weighted by molar-refractivity contribution is 7.99. The van der Waals surface area contributed by atoms with Crippen LogP contribution >= 0.6 is 11.8 Å². The second kappa shape index (κ2) is 8.78. The van der Waals surface area contributed by atoms with Gasteiger partial charge in [0.1, 0.15) is 0 Å². The summed E-state index contributed by atoms with van der Waals surface area (Å²) in [5.41, 5.74) is 5.74. The van der Waals surface area contributed by atoms with Crippen molar-refractivity contribution < 1.29 is 18.7 Å². The van der Waals surface area contributed by atoms with E-state index in [2.05, 4.69) is 14.8 Å². The Morgan fingerprint density at radius 2 is 1.88 bits per heavy atom. The monoisotopic (exact) mass is 461 g/mol. The van der Waals surface area contributed by atoms with Crippen LogP contribution in [0.25, 0.3) is 11.5 Å². The highest BCUT2D eigenvalue weighted by Gasteiger charge is 2.19. The topological polar surface area (TPSA) is 79.4 Å². The molecular formula is C25H23N3O4S. The van der Waals surface area contributed by atoms with Gasteiger partial charge in [-0.15, -0.1) is 10.2 Å². The van der Waals surface area contributed by atoms with E-state index in [4.69, 9.17) is 13.9 Å². The molecule has 0 saturated carbocycles. The van der Waals surface area contributed by atoms with Gasteiger partial charge < -0.3 is 18.5 Å². The zero-order valence-electron chi connectivity index (χ0n) is 18.6. The van der Waals surface area contributed by atoms with Gasteiger partial charge in [-0.05, 0) is 56.7 Å². The molecule has 33 heavy (non-hydrogen) atoms. The van der Waals surface area contributed by atoms with Crippen molar-refractivity contribution in [3.05, 3.63) is 76.6 Å². The molecule has 1 aliphatic rings. The van der Waals surface area contributed by atoms with E-state index in [0.717, 1.165) is 39.6 Å². The average molecular weight is 462 g/mol. The van der Waals surface area contributed by atoms with Crippen molar-refractivity contribution in [1.29, 1.82) is 0 Å². The second-order valence-corrected chi connectivity index (χ2v) is 8.94. The van der Waals surface area contributed by atoms with Crippen LogP contribution < -0.4 is 9.47 Å². The molecule has 5 rings (SSSR count). The van der Waals surface area contributed by atoms with Gasteiger partial charge in [-0.3, -0.25) is 4.79 Å². The quantitative estimate of drug-likeness (QED) is 0.276. The van der Waals surface area contributed by atoms with Crippen molar-refractivity contribution in [3.8, 4) is 23.0 Å². The first-order valence-electron chi connectivity index (χ1n) is 10.6. The van der Waals surface area contributed by atoms with Crippen LogP contribution in [-0.4, -0.2) is 33.1 Å². The number of fused-ring (bicyclic) bond motifs is 1. The number of carbonyl (C=O) groups is 1. The third kappa shape index (κ3) is 4.39. The number of hydrogen-bond donors (Lipinski definition) is 0. The van der Waals surface area contributed by atoms with Gasteiger partial charge in [0.25, 0.3) is 5.22 Å². The van der Waals surface area contributed by atoms with Crippen LogP contribution in [0.3, 0.4) is 0 Å². The summed E-state index contributed by atoms with van der Waals surface area (Å²) in [4.78, 5) is 13.0. The summed E-state index contributed by atoms with van der Waals surface area (Å²) in [6, 6.07) is 15.7. The Morgan fingerprint density at radius 3 is 2.73 bits per heavy atom. The molecule has 7 nitrogen and oxygen atoms in total. The number of carbonyl (C=O) groups excluding carboxylic acids is 1. The number of thioether (sulfide) groups is 1. The Balaban J connectivity index is 1.27. The molecule has 0 radical (unpaired) electrons. The minimum absolute atomic E-state index is 0.0281. The Hall–Kier alpha value is -3.52. The number of aryl methyl sites for hydroxylation is 2. The maximum Gasteiger partial charge on any atom is 0.277 e. The fourth-order valence-electron chi connectivity index (χ4n) is 3.92. The van der Waals surface area contributed by atoms with Crippen molar-refractivity contribution in [1.82, 2.24) is 14.8 Å². The number of benzene rings is 2. The first kappa shape index (κ1) is 21.3. The second-order valence-electron chi connectivity index (χ2n) is 8.01. The lowest BCUT2D eigenvalue weighted by Crippen LogP contribution is -2.07. The Kier molecular flexibility index (Phi) is 5.68. The molecule has 8 heteroatoms. The normalized spacial score (nSPS) is 12.3. The molecular weight excluding hydrogens is 438 g/mol. The molecule has 2 aromatic heterocycles. The molecule has 0 amide bonds. The molecule has 0 unspecified atom stereocenters. The first-order valence-corrected chi connectivity index (χ1v) is 11.6. The summed E-state index contributed by atoms with van der Waals surface area (Å²) in [5, 5.41) is 8.58. The minimum atomic E-state index is 0.0281. The largest absolute Gasteiger partial charge is 0.454 e. The summed E-state index contributed by atoms with van der Waals surface area (Å²) in [7, 11) is 0. The first-order chi connectivity index (χ1) is 16.0. The van der Waals surface area contributed by atoms with Crippen LogP contribution in [0.2, 0.25) is 0 Å². The van der Waals surface area contributed by atoms with E-state index in [1.165, 1.54) is 11.8 Å². The van der Waals surface area contributed by atoms with Crippen LogP contribution in [0.15, 0.2) is 58.2 Å². The van der Waals surface area contributed by atoms with Crippen LogP contribution in [0.5, 0.6) is 11.5 Å². The van der Waals surface area contributed by atoms with Gasteiger partial charge in [0, 0.05) is 29.1 Å². The Labute approximate surface area is 195 Å². The van der Waals surface area contributed by atoms with Crippen LogP contribution in [0.4, 0.5) is 0 Å². The fourth-order valence-corrected chi connectivity index (χ4v) is 4.56. The molecule has 0 fully saturated rings. The Morgan fingerprint density at radius 1 is 1.03 bits per heavy atom. The van der Waals surface area contributed by atoms with Crippen LogP contribution in [-0.2, 0) is 6.54 Å². The van der Waals surface area contributed by atoms with Crippen molar-refractivity contribution in [2.45, 2.75) is 32.5 Å². The predicted octanol–water partition coefficient (Wildman–Crippen LogP) is 5.22. The van der Waals surface area contributed by atoms with E-state index >= 15 is 0 Å². The minimum Gasteiger partial charge on any atom is -0.454 e. The SMILES string of the molecule is Cc1cccc(-c2nnc(SCC(=O)c3cc(C)n(Cc4ccc5c(c4)OCO5)c3C)o2)c1. The van der Waals surface area contributed by atoms with Gasteiger partial charge in [-0.1, -0.05) is 35.5 Å². The zero-order valence-corrected chi connectivity index (χ0v) is 19.4. The van der Waals surface area contributed by atoms with E-state index < -0.39 is 0 Å². The number of aromatic nitrogens is 3. The number of hydrogen-bond acceptors (Lipinski definition) is 7. The number of nitrogens with zero attached hydrogens (tertiary/aromatic N) is 3. The molecule has 1 aliphatic heterocycles. The standard InChI is InChI=1S/C25H23N3O4S/c1-15-5-4-6-19(9-15)24-26-27-25(32-24)33-13-21(29)20-10-16(2)28(17(20)3)12-18-7-8-22-23(11-18)31-14-30-22/h4-11H,12-14H2,1-3H3. The summed E-state index contributed by atoms with van der Waals surface area (Å²) in [6.45, 7) is 6.90. The summed E-state index contributed by atoms with van der Waals surface area (Å²) < 4.78 is 18.8. The lowest BCUT2D eigenvalue weighted by Gasteiger charge is -2.10. The molecule has 0 aliphatic carbocycles. The van der Waals surface area contributed by atoms with Gasteiger partial charge in [0.2, 0.25) is 12.7 Å². The predicted molar refractivity (Wildman–Crippen MR) is 125 cm³/mol. The molecule has 0 atom stereocenters.